The average molecular weight is 517 g/mol. The normalized spacial score (nSPS) is 13.3. The van der Waals surface area contributed by atoms with Crippen molar-refractivity contribution in [1.29, 1.82) is 0 Å². The molecule has 0 unspecified atom stereocenters. The molecule has 194 valence electrons. The summed E-state index contributed by atoms with van der Waals surface area (Å²) in [6.45, 7) is 3.50. The van der Waals surface area contributed by atoms with Crippen molar-refractivity contribution in [3.05, 3.63) is 71.1 Å². The molecule has 1 saturated carbocycles. The second-order valence-corrected chi connectivity index (χ2v) is 9.08. The van der Waals surface area contributed by atoms with E-state index in [2.05, 4.69) is 31.0 Å². The second-order valence-electron chi connectivity index (χ2n) is 9.08. The molecule has 0 spiro atoms. The van der Waals surface area contributed by atoms with Crippen molar-refractivity contribution in [3.63, 3.8) is 0 Å². The van der Waals surface area contributed by atoms with Crippen molar-refractivity contribution < 1.29 is 18.3 Å². The molecule has 5 rings (SSSR count). The van der Waals surface area contributed by atoms with E-state index < -0.39 is 5.92 Å². The third kappa shape index (κ3) is 4.92. The smallest absolute Gasteiger partial charge is 0.291 e. The highest BCUT2D eigenvalue weighted by Crippen LogP contribution is 2.45. The number of rotatable bonds is 9. The first kappa shape index (κ1) is 25.3. The number of hydrogen-bond donors (Lipinski definition) is 0. The molecule has 0 saturated heterocycles. The Morgan fingerprint density at radius 1 is 1.13 bits per heavy atom. The molecule has 0 aliphatic heterocycles. The Morgan fingerprint density at radius 3 is 2.55 bits per heavy atom. The predicted molar refractivity (Wildman–Crippen MR) is 136 cm³/mol. The van der Waals surface area contributed by atoms with E-state index >= 15 is 0 Å². The molecule has 3 aromatic heterocycles. The van der Waals surface area contributed by atoms with Crippen LogP contribution >= 0.6 is 0 Å². The fraction of sp³-hybridized carbons (Fsp3) is 0.321. The number of benzene rings is 1. The molecular formula is C28H26F2N6O2. The molecular weight excluding hydrogens is 490 g/mol. The molecule has 1 fully saturated rings. The minimum atomic E-state index is -3.05. The monoisotopic (exact) mass is 516 g/mol. The SMILES string of the molecule is C#Cc1cc(C(F)(F)CC)nn1-c1ccc(COc2nc(-c3c(OC)ncnc3C3CC3)ncc2C)cc1. The lowest BCUT2D eigenvalue weighted by Crippen LogP contribution is -2.13. The van der Waals surface area contributed by atoms with E-state index in [4.69, 9.17) is 15.9 Å². The molecule has 1 aromatic carbocycles. The van der Waals surface area contributed by atoms with E-state index in [9.17, 15) is 8.78 Å². The van der Waals surface area contributed by atoms with E-state index in [1.54, 1.807) is 25.4 Å². The molecule has 8 nitrogen and oxygen atoms in total. The third-order valence-corrected chi connectivity index (χ3v) is 6.38. The van der Waals surface area contributed by atoms with Crippen molar-refractivity contribution >= 4 is 0 Å². The van der Waals surface area contributed by atoms with Gasteiger partial charge < -0.3 is 9.47 Å². The topological polar surface area (TPSA) is 87.8 Å². The summed E-state index contributed by atoms with van der Waals surface area (Å²) < 4.78 is 41.2. The quantitative estimate of drug-likeness (QED) is 0.276. The standard InChI is InChI=1S/C28H26F2N6O2/c1-5-20-13-22(28(29,30)6-2)35-36(20)21-11-7-18(8-12-21)15-38-26-17(3)14-31-25(34-26)23-24(19-9-10-19)32-16-33-27(23)37-4/h1,7-8,11-14,16,19H,6,9-10,15H2,2-4H3. The van der Waals surface area contributed by atoms with E-state index in [0.29, 0.717) is 34.8 Å². The molecule has 3 heterocycles. The molecule has 0 amide bonds. The molecule has 1 aliphatic carbocycles. The minimum Gasteiger partial charge on any atom is -0.480 e. The fourth-order valence-electron chi connectivity index (χ4n) is 4.03. The number of hydrogen-bond acceptors (Lipinski definition) is 7. The maximum Gasteiger partial charge on any atom is 0.291 e. The van der Waals surface area contributed by atoms with Crippen molar-refractivity contribution in [2.75, 3.05) is 7.11 Å². The van der Waals surface area contributed by atoms with Gasteiger partial charge in [-0.25, -0.2) is 19.6 Å². The van der Waals surface area contributed by atoms with Crippen LogP contribution in [0.25, 0.3) is 17.1 Å². The summed E-state index contributed by atoms with van der Waals surface area (Å²) in [5, 5.41) is 4.06. The number of ether oxygens (including phenoxy) is 2. The number of methoxy groups -OCH3 is 1. The number of alkyl halides is 2. The molecule has 0 radical (unpaired) electrons. The van der Waals surface area contributed by atoms with Crippen LogP contribution in [-0.4, -0.2) is 36.8 Å². The summed E-state index contributed by atoms with van der Waals surface area (Å²) in [4.78, 5) is 17.9. The minimum absolute atomic E-state index is 0.232. The highest BCUT2D eigenvalue weighted by molar-refractivity contribution is 5.66. The van der Waals surface area contributed by atoms with Gasteiger partial charge in [-0.2, -0.15) is 18.9 Å². The summed E-state index contributed by atoms with van der Waals surface area (Å²) in [6.07, 6.45) is 10.5. The van der Waals surface area contributed by atoms with Gasteiger partial charge in [0.2, 0.25) is 11.8 Å². The maximum absolute atomic E-state index is 14.1. The Morgan fingerprint density at radius 2 is 1.89 bits per heavy atom. The van der Waals surface area contributed by atoms with Gasteiger partial charge in [-0.1, -0.05) is 25.0 Å². The fourth-order valence-corrected chi connectivity index (χ4v) is 4.03. The molecule has 38 heavy (non-hydrogen) atoms. The largest absolute Gasteiger partial charge is 0.480 e. The van der Waals surface area contributed by atoms with Crippen molar-refractivity contribution in [2.45, 2.75) is 51.6 Å². The average Bonchev–Trinajstić information content (AvgIpc) is 3.70. The third-order valence-electron chi connectivity index (χ3n) is 6.38. The van der Waals surface area contributed by atoms with Crippen molar-refractivity contribution in [2.24, 2.45) is 0 Å². The first-order valence-corrected chi connectivity index (χ1v) is 12.2. The number of aryl methyl sites for hydroxylation is 1. The van der Waals surface area contributed by atoms with E-state index in [-0.39, 0.29) is 24.4 Å². The van der Waals surface area contributed by atoms with Crippen LogP contribution < -0.4 is 9.47 Å². The number of nitrogens with zero attached hydrogens (tertiary/aromatic N) is 6. The summed E-state index contributed by atoms with van der Waals surface area (Å²) in [5.41, 5.74) is 3.67. The lowest BCUT2D eigenvalue weighted by Gasteiger charge is -2.13. The Labute approximate surface area is 219 Å². The van der Waals surface area contributed by atoms with Gasteiger partial charge in [-0.05, 0) is 37.5 Å². The van der Waals surface area contributed by atoms with Gasteiger partial charge in [0.25, 0.3) is 5.92 Å². The molecule has 0 atom stereocenters. The lowest BCUT2D eigenvalue weighted by molar-refractivity contribution is -0.0131. The summed E-state index contributed by atoms with van der Waals surface area (Å²) in [7, 11) is 1.56. The first-order chi connectivity index (χ1) is 18.3. The Kier molecular flexibility index (Phi) is 6.76. The zero-order valence-electron chi connectivity index (χ0n) is 21.3. The zero-order chi connectivity index (χ0) is 26.9. The summed E-state index contributed by atoms with van der Waals surface area (Å²) in [5.74, 6) is 1.04. The summed E-state index contributed by atoms with van der Waals surface area (Å²) >= 11 is 0. The van der Waals surface area contributed by atoms with Crippen LogP contribution in [0.3, 0.4) is 0 Å². The van der Waals surface area contributed by atoms with E-state index in [1.807, 2.05) is 19.1 Å². The number of aromatic nitrogens is 6. The molecule has 10 heteroatoms. The maximum atomic E-state index is 14.1. The zero-order valence-corrected chi connectivity index (χ0v) is 21.3. The van der Waals surface area contributed by atoms with E-state index in [0.717, 1.165) is 29.7 Å². The summed E-state index contributed by atoms with van der Waals surface area (Å²) in [6, 6.07) is 8.41. The van der Waals surface area contributed by atoms with Gasteiger partial charge in [-0.15, -0.1) is 6.42 Å². The highest BCUT2D eigenvalue weighted by atomic mass is 19.3. The molecule has 1 aliphatic rings. The number of halogens is 2. The van der Waals surface area contributed by atoms with E-state index in [1.165, 1.54) is 24.0 Å². The first-order valence-electron chi connectivity index (χ1n) is 12.2. The number of terminal acetylenes is 1. The lowest BCUT2D eigenvalue weighted by atomic mass is 10.1. The Bertz CT molecular complexity index is 1510. The van der Waals surface area contributed by atoms with Crippen LogP contribution in [0.1, 0.15) is 60.3 Å². The van der Waals surface area contributed by atoms with Gasteiger partial charge in [-0.3, -0.25) is 0 Å². The van der Waals surface area contributed by atoms with Crippen LogP contribution in [-0.2, 0) is 12.5 Å². The van der Waals surface area contributed by atoms with Gasteiger partial charge in [0.05, 0.1) is 18.5 Å². The van der Waals surface area contributed by atoms with Crippen LogP contribution in [0.15, 0.2) is 42.9 Å². The molecule has 0 bridgehead atoms. The van der Waals surface area contributed by atoms with Gasteiger partial charge >= 0.3 is 0 Å². The van der Waals surface area contributed by atoms with Crippen molar-refractivity contribution in [1.82, 2.24) is 29.7 Å². The van der Waals surface area contributed by atoms with Crippen LogP contribution in [0.5, 0.6) is 11.8 Å². The Balaban J connectivity index is 1.36. The second kappa shape index (κ2) is 10.2. The van der Waals surface area contributed by atoms with Gasteiger partial charge in [0, 0.05) is 30.2 Å². The van der Waals surface area contributed by atoms with Crippen molar-refractivity contribution in [3.8, 4) is 41.2 Å². The Hall–Kier alpha value is -4.39. The van der Waals surface area contributed by atoms with Gasteiger partial charge in [0.15, 0.2) is 5.82 Å². The van der Waals surface area contributed by atoms with Crippen LogP contribution in [0.2, 0.25) is 0 Å². The van der Waals surface area contributed by atoms with Crippen LogP contribution in [0.4, 0.5) is 8.78 Å². The molecule has 0 N–H and O–H groups in total. The highest BCUT2D eigenvalue weighted by Gasteiger charge is 2.33. The molecule has 4 aromatic rings. The predicted octanol–water partition coefficient (Wildman–Crippen LogP) is 5.38. The van der Waals surface area contributed by atoms with Crippen LogP contribution in [0, 0.1) is 19.3 Å². The van der Waals surface area contributed by atoms with Gasteiger partial charge in [0.1, 0.15) is 29.9 Å².